The SMILES string of the molecule is C[C@@H](N)C(=O)O[C@]1(C)CCC(CC(=O)[C@@H]2N[C@H](CC(C)(C)C)[C@]3(C(=O)Nc4cc(Cl)ccc43)[C@H]2c2cccc(Cl)c2F)C1. The number of anilines is 1. The fourth-order valence-corrected chi connectivity index (χ4v) is 7.90. The van der Waals surface area contributed by atoms with Crippen LogP contribution in [0.2, 0.25) is 10.0 Å². The molecule has 0 bridgehead atoms. The monoisotopic (exact) mass is 631 g/mol. The minimum absolute atomic E-state index is 0.0499. The molecule has 2 aromatic rings. The highest BCUT2D eigenvalue weighted by Crippen LogP contribution is 2.57. The summed E-state index contributed by atoms with van der Waals surface area (Å²) in [5.74, 6) is -2.47. The van der Waals surface area contributed by atoms with E-state index in [2.05, 4.69) is 31.4 Å². The number of fused-ring (bicyclic) bond motifs is 2. The Hall–Kier alpha value is -2.52. The number of carbonyl (C=O) groups excluding carboxylic acids is 3. The van der Waals surface area contributed by atoms with E-state index in [4.69, 9.17) is 33.7 Å². The van der Waals surface area contributed by atoms with Crippen molar-refractivity contribution >= 4 is 46.5 Å². The fourth-order valence-electron chi connectivity index (χ4n) is 7.54. The molecule has 3 aliphatic rings. The lowest BCUT2D eigenvalue weighted by molar-refractivity contribution is -0.158. The molecule has 2 fully saturated rings. The molecule has 7 nitrogen and oxygen atoms in total. The van der Waals surface area contributed by atoms with Gasteiger partial charge in [-0.25, -0.2) is 4.39 Å². The number of rotatable bonds is 7. The molecule has 2 aliphatic heterocycles. The number of carbonyl (C=O) groups is 3. The zero-order chi connectivity index (χ0) is 31.5. The summed E-state index contributed by atoms with van der Waals surface area (Å²) in [4.78, 5) is 40.9. The highest BCUT2D eigenvalue weighted by Gasteiger charge is 2.66. The van der Waals surface area contributed by atoms with Crippen molar-refractivity contribution in [2.45, 2.75) is 102 Å². The highest BCUT2D eigenvalue weighted by atomic mass is 35.5. The summed E-state index contributed by atoms with van der Waals surface area (Å²) in [6.45, 7) is 9.67. The molecule has 232 valence electrons. The normalized spacial score (nSPS) is 30.8. The van der Waals surface area contributed by atoms with Crippen molar-refractivity contribution in [3.8, 4) is 0 Å². The Kier molecular flexibility index (Phi) is 8.49. The van der Waals surface area contributed by atoms with Crippen LogP contribution in [-0.2, 0) is 24.5 Å². The molecule has 1 saturated heterocycles. The lowest BCUT2D eigenvalue weighted by Gasteiger charge is -2.37. The van der Waals surface area contributed by atoms with Crippen LogP contribution in [0.15, 0.2) is 36.4 Å². The molecule has 10 heteroatoms. The van der Waals surface area contributed by atoms with E-state index in [1.807, 2.05) is 13.0 Å². The molecule has 7 atom stereocenters. The second-order valence-electron chi connectivity index (χ2n) is 14.0. The third kappa shape index (κ3) is 5.84. The quantitative estimate of drug-likeness (QED) is 0.310. The molecule has 43 heavy (non-hydrogen) atoms. The van der Waals surface area contributed by atoms with Crippen LogP contribution in [0.3, 0.4) is 0 Å². The zero-order valence-corrected chi connectivity index (χ0v) is 26.7. The van der Waals surface area contributed by atoms with E-state index < -0.39 is 46.8 Å². The van der Waals surface area contributed by atoms with Crippen LogP contribution >= 0.6 is 23.2 Å². The summed E-state index contributed by atoms with van der Waals surface area (Å²) in [5.41, 5.74) is 4.93. The first-order valence-electron chi connectivity index (χ1n) is 14.9. The van der Waals surface area contributed by atoms with Gasteiger partial charge in [-0.2, -0.15) is 0 Å². The van der Waals surface area contributed by atoms with Crippen LogP contribution in [0.5, 0.6) is 0 Å². The topological polar surface area (TPSA) is 111 Å². The average Bonchev–Trinajstić information content (AvgIpc) is 3.52. The number of hydrogen-bond acceptors (Lipinski definition) is 6. The number of esters is 1. The van der Waals surface area contributed by atoms with Gasteiger partial charge in [0.2, 0.25) is 5.91 Å². The van der Waals surface area contributed by atoms with Crippen LogP contribution in [0, 0.1) is 17.2 Å². The molecule has 1 unspecified atom stereocenters. The summed E-state index contributed by atoms with van der Waals surface area (Å²) in [5, 5.41) is 6.94. The van der Waals surface area contributed by atoms with Gasteiger partial charge in [0.25, 0.3) is 0 Å². The maximum Gasteiger partial charge on any atom is 0.323 e. The van der Waals surface area contributed by atoms with Crippen molar-refractivity contribution in [1.29, 1.82) is 0 Å². The Morgan fingerprint density at radius 2 is 1.93 bits per heavy atom. The average molecular weight is 633 g/mol. The maximum atomic E-state index is 16.0. The van der Waals surface area contributed by atoms with Crippen molar-refractivity contribution in [2.24, 2.45) is 17.1 Å². The largest absolute Gasteiger partial charge is 0.458 e. The molecular weight excluding hydrogens is 592 g/mol. The first-order chi connectivity index (χ1) is 20.1. The number of amides is 1. The van der Waals surface area contributed by atoms with Gasteiger partial charge in [0, 0.05) is 29.1 Å². The van der Waals surface area contributed by atoms with Crippen molar-refractivity contribution in [3.05, 3.63) is 63.4 Å². The van der Waals surface area contributed by atoms with E-state index in [-0.39, 0.29) is 40.0 Å². The molecule has 5 rings (SSSR count). The Labute approximate surface area is 262 Å². The van der Waals surface area contributed by atoms with Gasteiger partial charge in [-0.1, -0.05) is 62.2 Å². The standard InChI is InChI=1S/C33H40Cl2FN3O4/c1-17(37)29(41)43-32(5)12-11-18(15-32)13-24(40)28-26(20-7-6-8-22(35)27(20)36)33(25(39-28)16-31(2,3)4)21-10-9-19(34)14-23(21)38-30(33)42/h6-10,14,17-18,25-26,28,39H,11-13,15-16,37H2,1-5H3,(H,38,42)/t17-,18?,25-,26+,28+,32-,33+/m1/s1. The van der Waals surface area contributed by atoms with E-state index in [0.717, 1.165) is 0 Å². The van der Waals surface area contributed by atoms with Crippen LogP contribution in [0.25, 0.3) is 0 Å². The van der Waals surface area contributed by atoms with E-state index in [1.54, 1.807) is 31.2 Å². The van der Waals surface area contributed by atoms with Gasteiger partial charge in [0.05, 0.1) is 11.1 Å². The Morgan fingerprint density at radius 1 is 1.21 bits per heavy atom. The second-order valence-corrected chi connectivity index (χ2v) is 14.9. The van der Waals surface area contributed by atoms with Crippen molar-refractivity contribution in [3.63, 3.8) is 0 Å². The van der Waals surface area contributed by atoms with Gasteiger partial charge in [-0.15, -0.1) is 0 Å². The predicted molar refractivity (Wildman–Crippen MR) is 166 cm³/mol. The summed E-state index contributed by atoms with van der Waals surface area (Å²) < 4.78 is 21.7. The molecule has 0 aromatic heterocycles. The summed E-state index contributed by atoms with van der Waals surface area (Å²) in [7, 11) is 0. The fraction of sp³-hybridized carbons (Fsp3) is 0.545. The summed E-state index contributed by atoms with van der Waals surface area (Å²) >= 11 is 12.6. The summed E-state index contributed by atoms with van der Waals surface area (Å²) in [6.07, 6.45) is 2.55. The number of ether oxygens (including phenoxy) is 1. The first-order valence-corrected chi connectivity index (χ1v) is 15.6. The highest BCUT2D eigenvalue weighted by molar-refractivity contribution is 6.31. The second kappa shape index (κ2) is 11.4. The van der Waals surface area contributed by atoms with E-state index in [1.165, 1.54) is 6.07 Å². The van der Waals surface area contributed by atoms with Gasteiger partial charge in [-0.05, 0) is 80.2 Å². The van der Waals surface area contributed by atoms with Crippen molar-refractivity contribution in [1.82, 2.24) is 5.32 Å². The van der Waals surface area contributed by atoms with Gasteiger partial charge >= 0.3 is 5.97 Å². The van der Waals surface area contributed by atoms with Crippen LogP contribution in [-0.4, -0.2) is 41.4 Å². The maximum absolute atomic E-state index is 16.0. The number of nitrogens with two attached hydrogens (primary N) is 1. The lowest BCUT2D eigenvalue weighted by Crippen LogP contribution is -2.49. The van der Waals surface area contributed by atoms with Crippen molar-refractivity contribution < 1.29 is 23.5 Å². The van der Waals surface area contributed by atoms with Crippen LogP contribution in [0.4, 0.5) is 10.1 Å². The molecule has 1 amide bonds. The number of halogens is 3. The molecule has 4 N–H and O–H groups in total. The van der Waals surface area contributed by atoms with E-state index in [9.17, 15) is 14.4 Å². The Morgan fingerprint density at radius 3 is 2.60 bits per heavy atom. The first kappa shape index (κ1) is 31.9. The van der Waals surface area contributed by atoms with Gasteiger partial charge < -0.3 is 21.1 Å². The smallest absolute Gasteiger partial charge is 0.323 e. The van der Waals surface area contributed by atoms with Gasteiger partial charge in [-0.3, -0.25) is 14.4 Å². The number of hydrogen-bond donors (Lipinski definition) is 3. The Balaban J connectivity index is 1.57. The number of Topliss-reactive ketones (excluding diaryl/α,β-unsaturated/α-hetero) is 1. The minimum Gasteiger partial charge on any atom is -0.458 e. The number of ketones is 1. The Bertz CT molecular complexity index is 1460. The predicted octanol–water partition coefficient (Wildman–Crippen LogP) is 6.29. The molecule has 1 saturated carbocycles. The molecule has 1 aliphatic carbocycles. The number of benzene rings is 2. The van der Waals surface area contributed by atoms with E-state index >= 15 is 4.39 Å². The molecule has 1 spiro atoms. The van der Waals surface area contributed by atoms with Crippen LogP contribution < -0.4 is 16.4 Å². The molecule has 2 heterocycles. The molecular formula is C33H40Cl2FN3O4. The van der Waals surface area contributed by atoms with Gasteiger partial charge in [0.1, 0.15) is 22.9 Å². The van der Waals surface area contributed by atoms with Crippen LogP contribution in [0.1, 0.15) is 83.8 Å². The molecule has 0 radical (unpaired) electrons. The molecule has 2 aromatic carbocycles. The van der Waals surface area contributed by atoms with Crippen molar-refractivity contribution in [2.75, 3.05) is 5.32 Å². The summed E-state index contributed by atoms with van der Waals surface area (Å²) in [6, 6.07) is 7.86. The third-order valence-corrected chi connectivity index (χ3v) is 9.82. The third-order valence-electron chi connectivity index (χ3n) is 9.30. The number of nitrogens with one attached hydrogen (secondary N) is 2. The van der Waals surface area contributed by atoms with E-state index in [0.29, 0.717) is 42.0 Å². The van der Waals surface area contributed by atoms with Gasteiger partial charge in [0.15, 0.2) is 5.78 Å². The lowest BCUT2D eigenvalue weighted by atomic mass is 9.62. The minimum atomic E-state index is -1.30. The zero-order valence-electron chi connectivity index (χ0n) is 25.2.